The Morgan fingerprint density at radius 2 is 1.96 bits per heavy atom. The van der Waals surface area contributed by atoms with Crippen LogP contribution in [0.15, 0.2) is 53.5 Å². The lowest BCUT2D eigenvalue weighted by atomic mass is 10.1. The number of hydrogen-bond donors (Lipinski definition) is 1. The molecule has 6 heteroatoms. The number of methoxy groups -OCH3 is 1. The van der Waals surface area contributed by atoms with E-state index in [0.29, 0.717) is 11.3 Å². The van der Waals surface area contributed by atoms with Crippen molar-refractivity contribution in [2.24, 2.45) is 7.05 Å². The van der Waals surface area contributed by atoms with Crippen molar-refractivity contribution in [2.75, 3.05) is 7.11 Å². The summed E-state index contributed by atoms with van der Waals surface area (Å²) in [5.41, 5.74) is 0.826. The molecule has 0 aliphatic rings. The zero-order chi connectivity index (χ0) is 18.8. The fourth-order valence-electron chi connectivity index (χ4n) is 3.00. The molecule has 2 aromatic carbocycles. The lowest BCUT2D eigenvalue weighted by molar-refractivity contribution is 0.0938. The summed E-state index contributed by atoms with van der Waals surface area (Å²) in [5, 5.41) is 2.98. The summed E-state index contributed by atoms with van der Waals surface area (Å²) in [6.07, 6.45) is 1.47. The first-order chi connectivity index (χ1) is 12.4. The van der Waals surface area contributed by atoms with Crippen molar-refractivity contribution in [1.29, 1.82) is 0 Å². The van der Waals surface area contributed by atoms with E-state index >= 15 is 0 Å². The van der Waals surface area contributed by atoms with Crippen LogP contribution in [0.25, 0.3) is 10.9 Å². The van der Waals surface area contributed by atoms with Crippen molar-refractivity contribution >= 4 is 16.8 Å². The number of hydrogen-bond acceptors (Lipinski definition) is 3. The number of para-hydroxylation sites is 1. The first-order valence-corrected chi connectivity index (χ1v) is 8.15. The standard InChI is InChI=1S/C20H19FN2O3/c1-12(14-6-4-5-7-18(14)26-3)22-20(25)16-11-23(2)17-9-8-13(21)10-15(17)19(16)24/h4-12H,1-3H3,(H,22,25)/t12-/m1/s1. The van der Waals surface area contributed by atoms with Gasteiger partial charge in [-0.25, -0.2) is 4.39 Å². The van der Waals surface area contributed by atoms with Gasteiger partial charge in [-0.1, -0.05) is 18.2 Å². The molecule has 0 fully saturated rings. The van der Waals surface area contributed by atoms with Crippen molar-refractivity contribution in [3.63, 3.8) is 0 Å². The molecule has 3 aromatic rings. The van der Waals surface area contributed by atoms with Crippen LogP contribution in [-0.2, 0) is 7.05 Å². The van der Waals surface area contributed by atoms with Gasteiger partial charge in [0.2, 0.25) is 5.43 Å². The van der Waals surface area contributed by atoms with E-state index < -0.39 is 17.2 Å². The number of aromatic nitrogens is 1. The minimum absolute atomic E-state index is 0.0349. The predicted octanol–water partition coefficient (Wildman–Crippen LogP) is 3.18. The molecule has 0 aliphatic carbocycles. The number of carbonyl (C=O) groups excluding carboxylic acids is 1. The Labute approximate surface area is 150 Å². The molecule has 5 nitrogen and oxygen atoms in total. The maximum absolute atomic E-state index is 13.5. The van der Waals surface area contributed by atoms with E-state index in [2.05, 4.69) is 5.32 Å². The fraction of sp³-hybridized carbons (Fsp3) is 0.200. The molecule has 3 rings (SSSR count). The van der Waals surface area contributed by atoms with Crippen molar-refractivity contribution in [3.05, 3.63) is 75.8 Å². The first-order valence-electron chi connectivity index (χ1n) is 8.15. The molecule has 26 heavy (non-hydrogen) atoms. The molecule has 0 saturated carbocycles. The average molecular weight is 354 g/mol. The summed E-state index contributed by atoms with van der Waals surface area (Å²) in [6.45, 7) is 1.81. The highest BCUT2D eigenvalue weighted by atomic mass is 19.1. The predicted molar refractivity (Wildman–Crippen MR) is 98.0 cm³/mol. The van der Waals surface area contributed by atoms with Gasteiger partial charge in [0.25, 0.3) is 5.91 Å². The minimum Gasteiger partial charge on any atom is -0.496 e. The molecule has 0 aliphatic heterocycles. The third-order valence-electron chi connectivity index (χ3n) is 4.35. The number of halogens is 1. The Balaban J connectivity index is 1.98. The molecular formula is C20H19FN2O3. The third-order valence-corrected chi connectivity index (χ3v) is 4.35. The number of pyridine rings is 1. The molecule has 0 saturated heterocycles. The van der Waals surface area contributed by atoms with Crippen molar-refractivity contribution in [1.82, 2.24) is 9.88 Å². The van der Waals surface area contributed by atoms with E-state index in [0.717, 1.165) is 11.6 Å². The van der Waals surface area contributed by atoms with Crippen LogP contribution in [0.1, 0.15) is 28.9 Å². The van der Waals surface area contributed by atoms with E-state index in [9.17, 15) is 14.0 Å². The van der Waals surface area contributed by atoms with E-state index in [-0.39, 0.29) is 17.0 Å². The molecule has 0 spiro atoms. The number of fused-ring (bicyclic) bond motifs is 1. The Kier molecular flexibility index (Phi) is 4.75. The van der Waals surface area contributed by atoms with E-state index in [1.165, 1.54) is 18.3 Å². The normalized spacial score (nSPS) is 12.0. The topological polar surface area (TPSA) is 60.3 Å². The van der Waals surface area contributed by atoms with Crippen LogP contribution in [0.5, 0.6) is 5.75 Å². The van der Waals surface area contributed by atoms with Gasteiger partial charge in [0, 0.05) is 24.2 Å². The SMILES string of the molecule is COc1ccccc1[C@@H](C)NC(=O)c1cn(C)c2ccc(F)cc2c1=O. The number of nitrogens with zero attached hydrogens (tertiary/aromatic N) is 1. The second kappa shape index (κ2) is 7.00. The summed E-state index contributed by atoms with van der Waals surface area (Å²) in [5.74, 6) is -0.390. The maximum atomic E-state index is 13.5. The average Bonchev–Trinajstić information content (AvgIpc) is 2.64. The van der Waals surface area contributed by atoms with Gasteiger partial charge in [-0.3, -0.25) is 9.59 Å². The number of nitrogens with one attached hydrogen (secondary N) is 1. The van der Waals surface area contributed by atoms with Crippen molar-refractivity contribution in [2.45, 2.75) is 13.0 Å². The van der Waals surface area contributed by atoms with Gasteiger partial charge in [-0.2, -0.15) is 0 Å². The summed E-state index contributed by atoms with van der Waals surface area (Å²) < 4.78 is 20.5. The highest BCUT2D eigenvalue weighted by Gasteiger charge is 2.19. The van der Waals surface area contributed by atoms with E-state index in [1.54, 1.807) is 31.7 Å². The summed E-state index contributed by atoms with van der Waals surface area (Å²) in [6, 6.07) is 10.9. The Hall–Kier alpha value is -3.15. The van der Waals surface area contributed by atoms with Gasteiger partial charge in [0.15, 0.2) is 0 Å². The van der Waals surface area contributed by atoms with Gasteiger partial charge < -0.3 is 14.6 Å². The van der Waals surface area contributed by atoms with E-state index in [1.807, 2.05) is 18.2 Å². The van der Waals surface area contributed by atoms with Crippen LogP contribution in [0, 0.1) is 5.82 Å². The zero-order valence-corrected chi connectivity index (χ0v) is 14.7. The first kappa shape index (κ1) is 17.7. The van der Waals surface area contributed by atoms with Crippen molar-refractivity contribution in [3.8, 4) is 5.75 Å². The second-order valence-electron chi connectivity index (χ2n) is 6.08. The molecule has 1 aromatic heterocycles. The number of rotatable bonds is 4. The molecule has 1 N–H and O–H groups in total. The summed E-state index contributed by atoms with van der Waals surface area (Å²) in [7, 11) is 3.26. The molecule has 1 amide bonds. The van der Waals surface area contributed by atoms with Gasteiger partial charge in [0.1, 0.15) is 17.1 Å². The number of benzene rings is 2. The smallest absolute Gasteiger partial charge is 0.257 e. The Bertz CT molecular complexity index is 1040. The van der Waals surface area contributed by atoms with Crippen molar-refractivity contribution < 1.29 is 13.9 Å². The molecule has 1 atom stereocenters. The summed E-state index contributed by atoms with van der Waals surface area (Å²) in [4.78, 5) is 25.3. The van der Waals surface area contributed by atoms with Gasteiger partial charge in [0.05, 0.1) is 18.7 Å². The van der Waals surface area contributed by atoms with Gasteiger partial charge in [-0.05, 0) is 31.2 Å². The lowest BCUT2D eigenvalue weighted by Crippen LogP contribution is -2.31. The largest absolute Gasteiger partial charge is 0.496 e. The number of amides is 1. The fourth-order valence-corrected chi connectivity index (χ4v) is 3.00. The summed E-state index contributed by atoms with van der Waals surface area (Å²) >= 11 is 0. The lowest BCUT2D eigenvalue weighted by Gasteiger charge is -2.17. The van der Waals surface area contributed by atoms with Crippen LogP contribution in [-0.4, -0.2) is 17.6 Å². The molecule has 1 heterocycles. The highest BCUT2D eigenvalue weighted by Crippen LogP contribution is 2.24. The zero-order valence-electron chi connectivity index (χ0n) is 14.7. The number of aryl methyl sites for hydroxylation is 1. The molecular weight excluding hydrogens is 335 g/mol. The molecule has 0 radical (unpaired) electrons. The van der Waals surface area contributed by atoms with E-state index in [4.69, 9.17) is 4.74 Å². The molecule has 0 unspecified atom stereocenters. The quantitative estimate of drug-likeness (QED) is 0.783. The molecule has 134 valence electrons. The Morgan fingerprint density at radius 1 is 1.23 bits per heavy atom. The van der Waals surface area contributed by atoms with Crippen LogP contribution >= 0.6 is 0 Å². The van der Waals surface area contributed by atoms with Crippen LogP contribution in [0.2, 0.25) is 0 Å². The monoisotopic (exact) mass is 354 g/mol. The van der Waals surface area contributed by atoms with Crippen LogP contribution in [0.4, 0.5) is 4.39 Å². The highest BCUT2D eigenvalue weighted by molar-refractivity contribution is 5.97. The molecule has 0 bridgehead atoms. The van der Waals surface area contributed by atoms with Crippen LogP contribution in [0.3, 0.4) is 0 Å². The third kappa shape index (κ3) is 3.18. The second-order valence-corrected chi connectivity index (χ2v) is 6.08. The van der Waals surface area contributed by atoms with Gasteiger partial charge in [-0.15, -0.1) is 0 Å². The van der Waals surface area contributed by atoms with Crippen LogP contribution < -0.4 is 15.5 Å². The number of carbonyl (C=O) groups is 1. The minimum atomic E-state index is -0.519. The number of ether oxygens (including phenoxy) is 1. The maximum Gasteiger partial charge on any atom is 0.257 e. The van der Waals surface area contributed by atoms with Gasteiger partial charge >= 0.3 is 0 Å². The Morgan fingerprint density at radius 3 is 2.69 bits per heavy atom.